The van der Waals surface area contributed by atoms with Crippen LogP contribution in [0.15, 0.2) is 24.3 Å². The SMILES string of the molecule is COc1ccccc1CC(C)NC(=O)NC1CCN(C(C)=O)CC1. The molecule has 24 heavy (non-hydrogen) atoms. The number of benzene rings is 1. The van der Waals surface area contributed by atoms with Gasteiger partial charge in [0.15, 0.2) is 0 Å². The average Bonchev–Trinajstić information content (AvgIpc) is 2.55. The summed E-state index contributed by atoms with van der Waals surface area (Å²) in [6.07, 6.45) is 2.31. The molecule has 1 aromatic carbocycles. The van der Waals surface area contributed by atoms with Crippen molar-refractivity contribution in [3.8, 4) is 5.75 Å². The van der Waals surface area contributed by atoms with E-state index in [9.17, 15) is 9.59 Å². The van der Waals surface area contributed by atoms with Crippen molar-refractivity contribution in [2.24, 2.45) is 0 Å². The van der Waals surface area contributed by atoms with Gasteiger partial charge >= 0.3 is 6.03 Å². The highest BCUT2D eigenvalue weighted by atomic mass is 16.5. The number of hydrogen-bond donors (Lipinski definition) is 2. The third kappa shape index (κ3) is 5.15. The molecule has 1 aliphatic rings. The van der Waals surface area contributed by atoms with E-state index in [1.165, 1.54) is 0 Å². The molecule has 1 aliphatic heterocycles. The molecule has 1 unspecified atom stereocenters. The first-order valence-corrected chi connectivity index (χ1v) is 8.44. The summed E-state index contributed by atoms with van der Waals surface area (Å²) in [6.45, 7) is 4.97. The Morgan fingerprint density at radius 1 is 1.29 bits per heavy atom. The molecular formula is C18H27N3O3. The smallest absolute Gasteiger partial charge is 0.315 e. The van der Waals surface area contributed by atoms with E-state index >= 15 is 0 Å². The summed E-state index contributed by atoms with van der Waals surface area (Å²) >= 11 is 0. The maximum Gasteiger partial charge on any atom is 0.315 e. The number of nitrogens with zero attached hydrogens (tertiary/aromatic N) is 1. The molecule has 1 aromatic rings. The van der Waals surface area contributed by atoms with Crippen molar-refractivity contribution in [3.63, 3.8) is 0 Å². The Labute approximate surface area is 143 Å². The first-order valence-electron chi connectivity index (χ1n) is 8.44. The second-order valence-corrected chi connectivity index (χ2v) is 6.32. The van der Waals surface area contributed by atoms with Crippen molar-refractivity contribution in [2.45, 2.75) is 45.2 Å². The Morgan fingerprint density at radius 2 is 1.96 bits per heavy atom. The van der Waals surface area contributed by atoms with Gasteiger partial charge in [-0.15, -0.1) is 0 Å². The topological polar surface area (TPSA) is 70.7 Å². The summed E-state index contributed by atoms with van der Waals surface area (Å²) in [7, 11) is 1.65. The van der Waals surface area contributed by atoms with Gasteiger partial charge in [0.1, 0.15) is 5.75 Å². The molecule has 0 spiro atoms. The van der Waals surface area contributed by atoms with Gasteiger partial charge in [0.05, 0.1) is 7.11 Å². The number of para-hydroxylation sites is 1. The van der Waals surface area contributed by atoms with Crippen molar-refractivity contribution in [2.75, 3.05) is 20.2 Å². The molecule has 3 amide bonds. The van der Waals surface area contributed by atoms with Crippen LogP contribution in [0.2, 0.25) is 0 Å². The van der Waals surface area contributed by atoms with E-state index in [1.807, 2.05) is 36.1 Å². The maximum absolute atomic E-state index is 12.1. The van der Waals surface area contributed by atoms with E-state index in [0.29, 0.717) is 19.5 Å². The molecule has 1 atom stereocenters. The van der Waals surface area contributed by atoms with E-state index < -0.39 is 0 Å². The Bertz CT molecular complexity index is 568. The van der Waals surface area contributed by atoms with Gasteiger partial charge in [0, 0.05) is 32.1 Å². The van der Waals surface area contributed by atoms with Crippen molar-refractivity contribution in [3.05, 3.63) is 29.8 Å². The number of carbonyl (C=O) groups excluding carboxylic acids is 2. The van der Waals surface area contributed by atoms with E-state index in [-0.39, 0.29) is 24.0 Å². The van der Waals surface area contributed by atoms with Gasteiger partial charge in [0.25, 0.3) is 0 Å². The van der Waals surface area contributed by atoms with Gasteiger partial charge in [0.2, 0.25) is 5.91 Å². The third-order valence-corrected chi connectivity index (χ3v) is 4.37. The van der Waals surface area contributed by atoms with Crippen molar-refractivity contribution < 1.29 is 14.3 Å². The van der Waals surface area contributed by atoms with Crippen molar-refractivity contribution >= 4 is 11.9 Å². The maximum atomic E-state index is 12.1. The molecule has 0 aliphatic carbocycles. The summed E-state index contributed by atoms with van der Waals surface area (Å²) in [4.78, 5) is 25.3. The van der Waals surface area contributed by atoms with Crippen LogP contribution in [0.3, 0.4) is 0 Å². The van der Waals surface area contributed by atoms with E-state index in [2.05, 4.69) is 10.6 Å². The monoisotopic (exact) mass is 333 g/mol. The summed E-state index contributed by atoms with van der Waals surface area (Å²) in [5.74, 6) is 0.937. The Kier molecular flexibility index (Phi) is 6.46. The lowest BCUT2D eigenvalue weighted by atomic mass is 10.0. The van der Waals surface area contributed by atoms with E-state index in [1.54, 1.807) is 14.0 Å². The van der Waals surface area contributed by atoms with Gasteiger partial charge in [-0.1, -0.05) is 18.2 Å². The lowest BCUT2D eigenvalue weighted by Crippen LogP contribution is -2.50. The largest absolute Gasteiger partial charge is 0.496 e. The van der Waals surface area contributed by atoms with Crippen LogP contribution in [-0.2, 0) is 11.2 Å². The third-order valence-electron chi connectivity index (χ3n) is 4.37. The molecule has 0 aromatic heterocycles. The number of urea groups is 1. The van der Waals surface area contributed by atoms with Gasteiger partial charge in [-0.2, -0.15) is 0 Å². The van der Waals surface area contributed by atoms with Crippen LogP contribution in [0.1, 0.15) is 32.3 Å². The van der Waals surface area contributed by atoms with E-state index in [4.69, 9.17) is 4.74 Å². The first kappa shape index (κ1) is 18.1. The number of nitrogens with one attached hydrogen (secondary N) is 2. The normalized spacial score (nSPS) is 16.4. The minimum atomic E-state index is -0.154. The molecule has 2 N–H and O–H groups in total. The molecule has 6 nitrogen and oxygen atoms in total. The number of likely N-dealkylation sites (tertiary alicyclic amines) is 1. The van der Waals surface area contributed by atoms with Crippen LogP contribution in [0.4, 0.5) is 4.79 Å². The molecule has 0 radical (unpaired) electrons. The quantitative estimate of drug-likeness (QED) is 0.865. The predicted octanol–water partition coefficient (Wildman–Crippen LogP) is 1.94. The lowest BCUT2D eigenvalue weighted by molar-refractivity contribution is -0.129. The standard InChI is InChI=1S/C18H27N3O3/c1-13(12-15-6-4-5-7-17(15)24-3)19-18(23)20-16-8-10-21(11-9-16)14(2)22/h4-7,13,16H,8-12H2,1-3H3,(H2,19,20,23). The van der Waals surface area contributed by atoms with Gasteiger partial charge in [-0.25, -0.2) is 4.79 Å². The van der Waals surface area contributed by atoms with Gasteiger partial charge in [-0.05, 0) is 37.8 Å². The molecule has 1 fully saturated rings. The number of amides is 3. The summed E-state index contributed by atoms with van der Waals surface area (Å²) < 4.78 is 5.34. The molecular weight excluding hydrogens is 306 g/mol. The number of rotatable bonds is 5. The van der Waals surface area contributed by atoms with Gasteiger partial charge < -0.3 is 20.3 Å². The van der Waals surface area contributed by atoms with Crippen molar-refractivity contribution in [1.82, 2.24) is 15.5 Å². The average molecular weight is 333 g/mol. The van der Waals surface area contributed by atoms with Gasteiger partial charge in [-0.3, -0.25) is 4.79 Å². The lowest BCUT2D eigenvalue weighted by Gasteiger charge is -2.32. The second-order valence-electron chi connectivity index (χ2n) is 6.32. The zero-order valence-corrected chi connectivity index (χ0v) is 14.7. The molecule has 132 valence electrons. The van der Waals surface area contributed by atoms with Crippen molar-refractivity contribution in [1.29, 1.82) is 0 Å². The number of carbonyl (C=O) groups is 2. The molecule has 0 saturated carbocycles. The summed E-state index contributed by atoms with van der Waals surface area (Å²) in [6, 6.07) is 7.79. The Balaban J connectivity index is 1.77. The van der Waals surface area contributed by atoms with E-state index in [0.717, 1.165) is 24.2 Å². The fourth-order valence-electron chi connectivity index (χ4n) is 3.04. The first-order chi connectivity index (χ1) is 11.5. The molecule has 1 heterocycles. The second kappa shape index (κ2) is 8.57. The molecule has 1 saturated heterocycles. The number of methoxy groups -OCH3 is 1. The highest BCUT2D eigenvalue weighted by molar-refractivity contribution is 5.75. The van der Waals surface area contributed by atoms with Crippen LogP contribution in [0.25, 0.3) is 0 Å². The fourth-order valence-corrected chi connectivity index (χ4v) is 3.04. The summed E-state index contributed by atoms with van der Waals surface area (Å²) in [5, 5.41) is 5.98. The predicted molar refractivity (Wildman–Crippen MR) is 93.1 cm³/mol. The van der Waals surface area contributed by atoms with Crippen LogP contribution in [0.5, 0.6) is 5.75 Å². The number of piperidine rings is 1. The molecule has 0 bridgehead atoms. The zero-order chi connectivity index (χ0) is 17.5. The highest BCUT2D eigenvalue weighted by Crippen LogP contribution is 2.18. The highest BCUT2D eigenvalue weighted by Gasteiger charge is 2.22. The number of hydrogen-bond acceptors (Lipinski definition) is 3. The minimum Gasteiger partial charge on any atom is -0.496 e. The molecule has 2 rings (SSSR count). The fraction of sp³-hybridized carbons (Fsp3) is 0.556. The van der Waals surface area contributed by atoms with Crippen LogP contribution in [0, 0.1) is 0 Å². The summed E-state index contributed by atoms with van der Waals surface area (Å²) in [5.41, 5.74) is 1.07. The number of ether oxygens (including phenoxy) is 1. The van der Waals surface area contributed by atoms with Crippen LogP contribution in [-0.4, -0.2) is 49.1 Å². The van der Waals surface area contributed by atoms with Crippen LogP contribution < -0.4 is 15.4 Å². The van der Waals surface area contributed by atoms with Crippen LogP contribution >= 0.6 is 0 Å². The minimum absolute atomic E-state index is 0.00129. The Hall–Kier alpha value is -2.24. The Morgan fingerprint density at radius 3 is 2.58 bits per heavy atom. The zero-order valence-electron chi connectivity index (χ0n) is 14.7. The molecule has 6 heteroatoms.